The summed E-state index contributed by atoms with van der Waals surface area (Å²) in [7, 11) is 0. The summed E-state index contributed by atoms with van der Waals surface area (Å²) >= 11 is 0. The fourth-order valence-corrected chi connectivity index (χ4v) is 1.12. The van der Waals surface area contributed by atoms with Crippen molar-refractivity contribution in [1.82, 2.24) is 0 Å². The van der Waals surface area contributed by atoms with Crippen LogP contribution in [-0.2, 0) is 0 Å². The summed E-state index contributed by atoms with van der Waals surface area (Å²) in [6.07, 6.45) is 5.12. The van der Waals surface area contributed by atoms with Crippen LogP contribution in [0.15, 0.2) is 18.2 Å². The van der Waals surface area contributed by atoms with Crippen LogP contribution in [0, 0.1) is 18.2 Å². The number of rotatable bonds is 3. The second kappa shape index (κ2) is 4.74. The Kier molecular flexibility index (Phi) is 3.62. The molecule has 0 saturated heterocycles. The quantitative estimate of drug-likeness (QED) is 0.702. The van der Waals surface area contributed by atoms with Crippen LogP contribution in [0.5, 0.6) is 5.75 Å². The molecule has 0 radical (unpaired) electrons. The minimum absolute atomic E-state index is 0.213. The van der Waals surface area contributed by atoms with Crippen molar-refractivity contribution < 1.29 is 17.9 Å². The Hall–Kier alpha value is -1.63. The zero-order valence-corrected chi connectivity index (χ0v) is 8.01. The lowest BCUT2D eigenvalue weighted by atomic mass is 10.0. The van der Waals surface area contributed by atoms with Crippen LogP contribution >= 0.6 is 0 Å². The van der Waals surface area contributed by atoms with E-state index in [2.05, 4.69) is 10.7 Å². The van der Waals surface area contributed by atoms with Crippen molar-refractivity contribution in [1.29, 1.82) is 0 Å². The third kappa shape index (κ3) is 2.91. The van der Waals surface area contributed by atoms with Gasteiger partial charge in [0.15, 0.2) is 0 Å². The molecule has 0 saturated carbocycles. The maximum absolute atomic E-state index is 13.3. The smallest absolute Gasteiger partial charge is 0.387 e. The Morgan fingerprint density at radius 2 is 2.07 bits per heavy atom. The van der Waals surface area contributed by atoms with Gasteiger partial charge in [0.25, 0.3) is 0 Å². The first kappa shape index (κ1) is 11.4. The van der Waals surface area contributed by atoms with E-state index in [0.717, 1.165) is 6.07 Å². The lowest BCUT2D eigenvalue weighted by Crippen LogP contribution is -2.03. The molecule has 0 aromatic heterocycles. The molecule has 0 heterocycles. The molecule has 0 N–H and O–H groups in total. The third-order valence-electron chi connectivity index (χ3n) is 1.91. The van der Waals surface area contributed by atoms with Crippen molar-refractivity contribution in [2.75, 3.05) is 0 Å². The summed E-state index contributed by atoms with van der Waals surface area (Å²) in [6.45, 7) is -1.31. The van der Waals surface area contributed by atoms with E-state index in [1.54, 1.807) is 6.92 Å². The third-order valence-corrected chi connectivity index (χ3v) is 1.91. The van der Waals surface area contributed by atoms with Gasteiger partial charge in [-0.2, -0.15) is 8.78 Å². The zero-order chi connectivity index (χ0) is 11.4. The van der Waals surface area contributed by atoms with E-state index < -0.39 is 18.3 Å². The molecule has 1 rings (SSSR count). The van der Waals surface area contributed by atoms with Crippen LogP contribution in [0.2, 0.25) is 0 Å². The first-order chi connectivity index (χ1) is 7.04. The van der Waals surface area contributed by atoms with E-state index in [4.69, 9.17) is 6.42 Å². The Morgan fingerprint density at radius 3 is 2.53 bits per heavy atom. The lowest BCUT2D eigenvalue weighted by Gasteiger charge is -2.09. The monoisotopic (exact) mass is 214 g/mol. The largest absolute Gasteiger partial charge is 0.435 e. The van der Waals surface area contributed by atoms with Crippen molar-refractivity contribution >= 4 is 0 Å². The van der Waals surface area contributed by atoms with Crippen LogP contribution in [0.4, 0.5) is 13.2 Å². The molecule has 1 unspecified atom stereocenters. The standard InChI is InChI=1S/C11H9F3O/c1-3-7(2)9-5-4-8(6-10(9)12)15-11(13)14/h1,4-7,11H,2H3. The SMILES string of the molecule is C#CC(C)c1ccc(OC(F)F)cc1F. The number of ether oxygens (including phenoxy) is 1. The van der Waals surface area contributed by atoms with Gasteiger partial charge < -0.3 is 4.74 Å². The van der Waals surface area contributed by atoms with Crippen molar-refractivity contribution in [2.45, 2.75) is 19.5 Å². The second-order valence-corrected chi connectivity index (χ2v) is 2.95. The Bertz CT molecular complexity index is 382. The number of hydrogen-bond donors (Lipinski definition) is 0. The average Bonchev–Trinajstić information content (AvgIpc) is 2.16. The van der Waals surface area contributed by atoms with E-state index in [-0.39, 0.29) is 5.75 Å². The van der Waals surface area contributed by atoms with Crippen LogP contribution in [0.25, 0.3) is 0 Å². The van der Waals surface area contributed by atoms with E-state index in [0.29, 0.717) is 5.56 Å². The van der Waals surface area contributed by atoms with Crippen LogP contribution < -0.4 is 4.74 Å². The zero-order valence-electron chi connectivity index (χ0n) is 8.01. The summed E-state index contributed by atoms with van der Waals surface area (Å²) in [6, 6.07) is 3.51. The Balaban J connectivity index is 2.94. The summed E-state index contributed by atoms with van der Waals surface area (Å²) in [5, 5.41) is 0. The number of alkyl halides is 2. The van der Waals surface area contributed by atoms with E-state index >= 15 is 0 Å². The predicted molar refractivity (Wildman–Crippen MR) is 50.3 cm³/mol. The molecule has 0 fully saturated rings. The van der Waals surface area contributed by atoms with Gasteiger partial charge in [0.2, 0.25) is 0 Å². The molecule has 1 aromatic rings. The molecule has 80 valence electrons. The van der Waals surface area contributed by atoms with Gasteiger partial charge in [-0.15, -0.1) is 6.42 Å². The van der Waals surface area contributed by atoms with E-state index in [1.807, 2.05) is 0 Å². The highest BCUT2D eigenvalue weighted by molar-refractivity contribution is 5.33. The average molecular weight is 214 g/mol. The normalized spacial score (nSPS) is 12.3. The van der Waals surface area contributed by atoms with Gasteiger partial charge in [-0.1, -0.05) is 12.0 Å². The molecule has 1 aromatic carbocycles. The highest BCUT2D eigenvalue weighted by Gasteiger charge is 2.11. The van der Waals surface area contributed by atoms with E-state index in [9.17, 15) is 13.2 Å². The molecule has 0 aliphatic rings. The molecule has 0 amide bonds. The molecular formula is C11H9F3O. The predicted octanol–water partition coefficient (Wildman–Crippen LogP) is 3.16. The molecule has 0 aliphatic carbocycles. The minimum atomic E-state index is -2.96. The Morgan fingerprint density at radius 1 is 1.40 bits per heavy atom. The summed E-state index contributed by atoms with van der Waals surface area (Å²) in [5.41, 5.74) is 0.291. The van der Waals surface area contributed by atoms with Crippen LogP contribution in [-0.4, -0.2) is 6.61 Å². The van der Waals surface area contributed by atoms with Gasteiger partial charge in [-0.25, -0.2) is 4.39 Å². The van der Waals surface area contributed by atoms with Crippen molar-refractivity contribution in [3.05, 3.63) is 29.6 Å². The highest BCUT2D eigenvalue weighted by atomic mass is 19.3. The fourth-order valence-electron chi connectivity index (χ4n) is 1.12. The van der Waals surface area contributed by atoms with Gasteiger partial charge in [0.05, 0.1) is 0 Å². The lowest BCUT2D eigenvalue weighted by molar-refractivity contribution is -0.0500. The van der Waals surface area contributed by atoms with Gasteiger partial charge >= 0.3 is 6.61 Å². The van der Waals surface area contributed by atoms with Gasteiger partial charge in [-0.05, 0) is 13.0 Å². The van der Waals surface area contributed by atoms with Crippen molar-refractivity contribution in [3.63, 3.8) is 0 Å². The van der Waals surface area contributed by atoms with Gasteiger partial charge in [-0.3, -0.25) is 0 Å². The van der Waals surface area contributed by atoms with Crippen molar-refractivity contribution in [2.24, 2.45) is 0 Å². The molecule has 0 spiro atoms. The summed E-state index contributed by atoms with van der Waals surface area (Å²) in [5.74, 6) is 1.10. The first-order valence-electron chi connectivity index (χ1n) is 4.25. The molecule has 1 atom stereocenters. The van der Waals surface area contributed by atoms with Crippen molar-refractivity contribution in [3.8, 4) is 18.1 Å². The molecule has 1 nitrogen and oxygen atoms in total. The number of terminal acetylenes is 1. The van der Waals surface area contributed by atoms with Crippen LogP contribution in [0.3, 0.4) is 0 Å². The Labute approximate surface area is 85.9 Å². The first-order valence-corrected chi connectivity index (χ1v) is 4.25. The molecule has 4 heteroatoms. The second-order valence-electron chi connectivity index (χ2n) is 2.95. The van der Waals surface area contributed by atoms with Crippen LogP contribution in [0.1, 0.15) is 18.4 Å². The maximum atomic E-state index is 13.3. The minimum Gasteiger partial charge on any atom is -0.435 e. The summed E-state index contributed by atoms with van der Waals surface area (Å²) < 4.78 is 41.0. The molecule has 15 heavy (non-hydrogen) atoms. The van der Waals surface area contributed by atoms with E-state index in [1.165, 1.54) is 12.1 Å². The molecular weight excluding hydrogens is 205 g/mol. The molecule has 0 aliphatic heterocycles. The topological polar surface area (TPSA) is 9.23 Å². The number of benzene rings is 1. The number of halogens is 3. The maximum Gasteiger partial charge on any atom is 0.387 e. The van der Waals surface area contributed by atoms with Gasteiger partial charge in [0, 0.05) is 17.5 Å². The molecule has 0 bridgehead atoms. The highest BCUT2D eigenvalue weighted by Crippen LogP contribution is 2.23. The summed E-state index contributed by atoms with van der Waals surface area (Å²) in [4.78, 5) is 0. The van der Waals surface area contributed by atoms with Gasteiger partial charge in [0.1, 0.15) is 11.6 Å². The fraction of sp³-hybridized carbons (Fsp3) is 0.273. The number of hydrogen-bond acceptors (Lipinski definition) is 1.